The van der Waals surface area contributed by atoms with Crippen LogP contribution in [-0.4, -0.2) is 30.5 Å². The number of halogens is 4. The van der Waals surface area contributed by atoms with Crippen LogP contribution in [0.3, 0.4) is 0 Å². The zero-order valence-electron chi connectivity index (χ0n) is 18.7. The number of benzene rings is 2. The molecule has 2 amide bonds. The number of nitrogens with zero attached hydrogens (tertiary/aromatic N) is 1. The van der Waals surface area contributed by atoms with Crippen molar-refractivity contribution in [3.8, 4) is 23.0 Å². The maximum Gasteiger partial charge on any atom is 0.387 e. The molecule has 1 fully saturated rings. The van der Waals surface area contributed by atoms with Gasteiger partial charge >= 0.3 is 6.61 Å². The summed E-state index contributed by atoms with van der Waals surface area (Å²) < 4.78 is 68.5. The molecule has 3 aromatic rings. The highest BCUT2D eigenvalue weighted by molar-refractivity contribution is 5.93. The second-order valence-electron chi connectivity index (χ2n) is 8.00. The van der Waals surface area contributed by atoms with Gasteiger partial charge in [-0.15, -0.1) is 0 Å². The molecule has 0 spiro atoms. The van der Waals surface area contributed by atoms with Crippen LogP contribution in [0, 0.1) is 17.6 Å². The third kappa shape index (κ3) is 6.32. The number of hydrogen-bond donors (Lipinski definition) is 2. The van der Waals surface area contributed by atoms with Gasteiger partial charge in [0.1, 0.15) is 11.6 Å². The Hall–Kier alpha value is -4.09. The molecule has 0 atom stereocenters. The van der Waals surface area contributed by atoms with Crippen molar-refractivity contribution >= 4 is 12.3 Å². The average molecular weight is 507 g/mol. The minimum Gasteiger partial charge on any atom is -0.489 e. The first-order chi connectivity index (χ1) is 17.3. The Morgan fingerprint density at radius 1 is 1.14 bits per heavy atom. The second kappa shape index (κ2) is 11.1. The van der Waals surface area contributed by atoms with Crippen LogP contribution >= 0.6 is 0 Å². The fourth-order valence-corrected chi connectivity index (χ4v) is 3.27. The fraction of sp³-hybridized carbons (Fsp3) is 0.292. The molecule has 1 heterocycles. The second-order valence-corrected chi connectivity index (χ2v) is 8.00. The Morgan fingerprint density at radius 2 is 1.94 bits per heavy atom. The lowest BCUT2D eigenvalue weighted by atomic mass is 10.2. The van der Waals surface area contributed by atoms with Gasteiger partial charge in [0.15, 0.2) is 23.0 Å². The Balaban J connectivity index is 1.58. The van der Waals surface area contributed by atoms with Crippen LogP contribution < -0.4 is 20.1 Å². The zero-order valence-corrected chi connectivity index (χ0v) is 18.7. The number of ether oxygens (including phenoxy) is 2. The van der Waals surface area contributed by atoms with Crippen molar-refractivity contribution < 1.29 is 41.0 Å². The Bertz CT molecular complexity index is 1250. The molecule has 1 saturated carbocycles. The van der Waals surface area contributed by atoms with E-state index >= 15 is 0 Å². The Morgan fingerprint density at radius 3 is 2.64 bits per heavy atom. The molecule has 1 aromatic heterocycles. The maximum absolute atomic E-state index is 13.9. The third-order valence-electron chi connectivity index (χ3n) is 5.29. The number of nitrogens with one attached hydrogen (secondary N) is 2. The first-order valence-corrected chi connectivity index (χ1v) is 10.9. The van der Waals surface area contributed by atoms with E-state index in [-0.39, 0.29) is 47.5 Å². The fourth-order valence-electron chi connectivity index (χ4n) is 3.27. The minimum absolute atomic E-state index is 0.00235. The zero-order chi connectivity index (χ0) is 25.7. The summed E-state index contributed by atoms with van der Waals surface area (Å²) in [5.74, 6) is -2.12. The van der Waals surface area contributed by atoms with Crippen LogP contribution in [0.5, 0.6) is 11.5 Å². The van der Waals surface area contributed by atoms with Crippen molar-refractivity contribution in [2.45, 2.75) is 32.5 Å². The highest BCUT2D eigenvalue weighted by Gasteiger charge is 2.25. The highest BCUT2D eigenvalue weighted by Crippen LogP contribution is 2.36. The normalized spacial score (nSPS) is 12.9. The molecule has 2 aromatic carbocycles. The van der Waals surface area contributed by atoms with E-state index in [1.54, 1.807) is 0 Å². The van der Waals surface area contributed by atoms with Crippen LogP contribution in [0.4, 0.5) is 17.6 Å². The van der Waals surface area contributed by atoms with Gasteiger partial charge in [-0.05, 0) is 43.0 Å². The highest BCUT2D eigenvalue weighted by atomic mass is 19.3. The molecule has 190 valence electrons. The number of carbonyl (C=O) groups is 2. The van der Waals surface area contributed by atoms with Crippen molar-refractivity contribution in [1.82, 2.24) is 15.6 Å². The van der Waals surface area contributed by atoms with Crippen molar-refractivity contribution in [1.29, 1.82) is 0 Å². The van der Waals surface area contributed by atoms with E-state index in [0.29, 0.717) is 30.6 Å². The Kier molecular flexibility index (Phi) is 7.71. The van der Waals surface area contributed by atoms with Crippen molar-refractivity contribution in [2.24, 2.45) is 5.92 Å². The summed E-state index contributed by atoms with van der Waals surface area (Å²) >= 11 is 0. The molecule has 0 bridgehead atoms. The summed E-state index contributed by atoms with van der Waals surface area (Å²) in [5.41, 5.74) is 0.168. The summed E-state index contributed by atoms with van der Waals surface area (Å²) in [6.07, 6.45) is 2.37. The van der Waals surface area contributed by atoms with Gasteiger partial charge in [0.05, 0.1) is 13.2 Å². The van der Waals surface area contributed by atoms with Crippen LogP contribution in [0.15, 0.2) is 40.8 Å². The van der Waals surface area contributed by atoms with Gasteiger partial charge in [0, 0.05) is 23.7 Å². The largest absolute Gasteiger partial charge is 0.489 e. The van der Waals surface area contributed by atoms with E-state index in [1.165, 1.54) is 24.3 Å². The maximum atomic E-state index is 13.9. The molecular weight excluding hydrogens is 486 g/mol. The summed E-state index contributed by atoms with van der Waals surface area (Å²) in [6.45, 7) is -3.16. The molecule has 4 rings (SSSR count). The minimum atomic E-state index is -3.05. The van der Waals surface area contributed by atoms with Crippen LogP contribution in [0.1, 0.15) is 34.7 Å². The lowest BCUT2D eigenvalue weighted by Crippen LogP contribution is -2.25. The summed E-state index contributed by atoms with van der Waals surface area (Å²) in [6, 6.07) is 7.02. The van der Waals surface area contributed by atoms with E-state index in [4.69, 9.17) is 9.15 Å². The Labute approximate surface area is 202 Å². The number of rotatable bonds is 12. The number of carbonyl (C=O) groups excluding carboxylic acids is 2. The summed E-state index contributed by atoms with van der Waals surface area (Å²) in [5, 5.41) is 4.84. The molecule has 0 saturated heterocycles. The van der Waals surface area contributed by atoms with Gasteiger partial charge < -0.3 is 24.5 Å². The molecule has 36 heavy (non-hydrogen) atoms. The monoisotopic (exact) mass is 507 g/mol. The molecular formula is C24H21F4N3O5. The molecule has 8 nitrogen and oxygen atoms in total. The molecule has 1 aliphatic rings. The molecule has 0 unspecified atom stereocenters. The molecule has 1 aliphatic carbocycles. The average Bonchev–Trinajstić information content (AvgIpc) is 3.58. The van der Waals surface area contributed by atoms with Gasteiger partial charge in [0.25, 0.3) is 5.91 Å². The van der Waals surface area contributed by atoms with E-state index in [0.717, 1.165) is 18.9 Å². The van der Waals surface area contributed by atoms with Crippen LogP contribution in [-0.2, 0) is 17.9 Å². The molecule has 12 heteroatoms. The van der Waals surface area contributed by atoms with Crippen molar-refractivity contribution in [3.63, 3.8) is 0 Å². The van der Waals surface area contributed by atoms with E-state index < -0.39 is 24.2 Å². The topological polar surface area (TPSA) is 103 Å². The van der Waals surface area contributed by atoms with Crippen LogP contribution in [0.2, 0.25) is 0 Å². The lowest BCUT2D eigenvalue weighted by Gasteiger charge is -2.12. The van der Waals surface area contributed by atoms with Gasteiger partial charge in [-0.2, -0.15) is 8.78 Å². The summed E-state index contributed by atoms with van der Waals surface area (Å²) in [7, 11) is 0. The smallest absolute Gasteiger partial charge is 0.387 e. The molecule has 0 aliphatic heterocycles. The van der Waals surface area contributed by atoms with Crippen LogP contribution in [0.25, 0.3) is 11.5 Å². The summed E-state index contributed by atoms with van der Waals surface area (Å²) in [4.78, 5) is 27.7. The van der Waals surface area contributed by atoms with E-state index in [2.05, 4.69) is 20.4 Å². The standard InChI is InChI=1S/C24H21F4N3O5/c25-16-5-3-15(17(26)8-16)9-30-22(33)21-20(10-29-12-32)35-23(31-21)14-4-6-18(36-24(27)28)19(7-14)34-11-13-1-2-13/h3-8,12-13,24H,1-2,9-11H2,(H,29,32)(H,30,33). The van der Waals surface area contributed by atoms with Crippen molar-refractivity contribution in [3.05, 3.63) is 65.1 Å². The number of alkyl halides is 2. The predicted molar refractivity (Wildman–Crippen MR) is 117 cm³/mol. The predicted octanol–water partition coefficient (Wildman–Crippen LogP) is 4.19. The van der Waals surface area contributed by atoms with E-state index in [9.17, 15) is 27.2 Å². The number of oxazole rings is 1. The number of hydrogen-bond acceptors (Lipinski definition) is 6. The van der Waals surface area contributed by atoms with Gasteiger partial charge in [-0.25, -0.2) is 13.8 Å². The van der Waals surface area contributed by atoms with Gasteiger partial charge in [-0.3, -0.25) is 9.59 Å². The number of amides is 2. The first kappa shape index (κ1) is 25.0. The third-order valence-corrected chi connectivity index (χ3v) is 5.29. The molecule has 0 radical (unpaired) electrons. The number of aromatic nitrogens is 1. The lowest BCUT2D eigenvalue weighted by molar-refractivity contribution is -0.109. The van der Waals surface area contributed by atoms with Gasteiger partial charge in [-0.1, -0.05) is 6.07 Å². The molecule has 2 N–H and O–H groups in total. The first-order valence-electron chi connectivity index (χ1n) is 10.9. The van der Waals surface area contributed by atoms with Gasteiger partial charge in [0.2, 0.25) is 12.3 Å². The SMILES string of the molecule is O=CNCc1oc(-c2ccc(OC(F)F)c(OCC3CC3)c2)nc1C(=O)NCc1ccc(F)cc1F. The van der Waals surface area contributed by atoms with Crippen molar-refractivity contribution in [2.75, 3.05) is 6.61 Å². The quantitative estimate of drug-likeness (QED) is 0.282. The van der Waals surface area contributed by atoms with E-state index in [1.807, 2.05) is 0 Å².